The fourth-order valence-electron chi connectivity index (χ4n) is 5.76. The van der Waals surface area contributed by atoms with E-state index in [-0.39, 0.29) is 23.1 Å². The molecule has 1 saturated heterocycles. The van der Waals surface area contributed by atoms with Crippen LogP contribution in [0.2, 0.25) is 0 Å². The van der Waals surface area contributed by atoms with Crippen molar-refractivity contribution in [2.45, 2.75) is 44.1 Å². The largest absolute Gasteiger partial charge is 0.493 e. The number of amides is 2. The minimum absolute atomic E-state index is 0.174. The van der Waals surface area contributed by atoms with Crippen LogP contribution >= 0.6 is 0 Å². The van der Waals surface area contributed by atoms with E-state index in [2.05, 4.69) is 25.6 Å². The third-order valence-electron chi connectivity index (χ3n) is 7.97. The van der Waals surface area contributed by atoms with Crippen LogP contribution in [0.4, 0.5) is 11.5 Å². The summed E-state index contributed by atoms with van der Waals surface area (Å²) in [7, 11) is 1.71. The van der Waals surface area contributed by atoms with Crippen LogP contribution in [0.3, 0.4) is 0 Å². The molecule has 37 heavy (non-hydrogen) atoms. The number of aromatic nitrogens is 3. The van der Waals surface area contributed by atoms with E-state index in [0.717, 1.165) is 43.1 Å². The Morgan fingerprint density at radius 3 is 2.59 bits per heavy atom. The number of carbonyl (C=O) groups is 2. The predicted molar refractivity (Wildman–Crippen MR) is 140 cm³/mol. The quantitative estimate of drug-likeness (QED) is 0.537. The molecular weight excluding hydrogens is 468 g/mol. The SMILES string of the molecule is Cn1nccc1C(=O)N[C@H](C(=O)Nc1ccc(N2CCCCC2)nc1)C1c2ccccc2OCC12CC2. The number of rotatable bonds is 6. The Morgan fingerprint density at radius 2 is 1.89 bits per heavy atom. The topological polar surface area (TPSA) is 101 Å². The number of piperidine rings is 1. The van der Waals surface area contributed by atoms with Crippen molar-refractivity contribution in [2.24, 2.45) is 12.5 Å². The van der Waals surface area contributed by atoms with Crippen LogP contribution in [-0.2, 0) is 11.8 Å². The van der Waals surface area contributed by atoms with Crippen LogP contribution in [0, 0.1) is 5.41 Å². The Morgan fingerprint density at radius 1 is 1.08 bits per heavy atom. The molecule has 2 fully saturated rings. The van der Waals surface area contributed by atoms with E-state index in [1.54, 1.807) is 25.5 Å². The number of anilines is 2. The number of pyridine rings is 1. The van der Waals surface area contributed by atoms with Crippen molar-refractivity contribution in [1.29, 1.82) is 0 Å². The molecule has 6 rings (SSSR count). The maximum absolute atomic E-state index is 13.9. The van der Waals surface area contributed by atoms with E-state index in [9.17, 15) is 9.59 Å². The number of carbonyl (C=O) groups excluding carboxylic acids is 2. The molecule has 2 atom stereocenters. The van der Waals surface area contributed by atoms with Crippen LogP contribution < -0.4 is 20.3 Å². The molecule has 0 radical (unpaired) electrons. The lowest BCUT2D eigenvalue weighted by atomic mass is 9.76. The van der Waals surface area contributed by atoms with E-state index in [1.165, 1.54) is 23.9 Å². The molecule has 3 aromatic rings. The number of nitrogens with one attached hydrogen (secondary N) is 2. The van der Waals surface area contributed by atoms with Gasteiger partial charge in [-0.1, -0.05) is 18.2 Å². The lowest BCUT2D eigenvalue weighted by Gasteiger charge is -2.38. The summed E-state index contributed by atoms with van der Waals surface area (Å²) < 4.78 is 7.59. The third kappa shape index (κ3) is 4.54. The predicted octanol–water partition coefficient (Wildman–Crippen LogP) is 3.50. The highest BCUT2D eigenvalue weighted by Gasteiger charge is 2.57. The van der Waals surface area contributed by atoms with Crippen molar-refractivity contribution >= 4 is 23.3 Å². The number of aryl methyl sites for hydroxylation is 1. The first-order valence-electron chi connectivity index (χ1n) is 13.1. The van der Waals surface area contributed by atoms with Crippen LogP contribution in [0.1, 0.15) is 54.1 Å². The molecule has 0 bridgehead atoms. The minimum atomic E-state index is -0.795. The van der Waals surface area contributed by atoms with Crippen molar-refractivity contribution < 1.29 is 14.3 Å². The number of fused-ring (bicyclic) bond motifs is 1. The average Bonchev–Trinajstić information content (AvgIpc) is 3.56. The molecule has 2 amide bonds. The van der Waals surface area contributed by atoms with Crippen LogP contribution in [-0.4, -0.2) is 52.3 Å². The van der Waals surface area contributed by atoms with Gasteiger partial charge in [0.15, 0.2) is 0 Å². The van der Waals surface area contributed by atoms with Crippen molar-refractivity contribution in [3.8, 4) is 5.75 Å². The molecule has 1 aliphatic carbocycles. The molecule has 2 aromatic heterocycles. The zero-order chi connectivity index (χ0) is 25.4. The second-order valence-corrected chi connectivity index (χ2v) is 10.4. The molecule has 192 valence electrons. The Balaban J connectivity index is 1.29. The molecule has 1 spiro atoms. The van der Waals surface area contributed by atoms with Crippen molar-refractivity contribution in [1.82, 2.24) is 20.1 Å². The molecule has 2 N–H and O–H groups in total. The number of nitrogens with zero attached hydrogens (tertiary/aromatic N) is 4. The van der Waals surface area contributed by atoms with Gasteiger partial charge in [0.25, 0.3) is 5.91 Å². The first kappa shape index (κ1) is 23.5. The van der Waals surface area contributed by atoms with Crippen LogP contribution in [0.5, 0.6) is 5.75 Å². The van der Waals surface area contributed by atoms with E-state index in [1.807, 2.05) is 36.4 Å². The molecule has 1 unspecified atom stereocenters. The van der Waals surface area contributed by atoms with E-state index < -0.39 is 6.04 Å². The van der Waals surface area contributed by atoms with Gasteiger partial charge in [0.1, 0.15) is 23.3 Å². The Hall–Kier alpha value is -3.88. The molecule has 1 saturated carbocycles. The summed E-state index contributed by atoms with van der Waals surface area (Å²) >= 11 is 0. The van der Waals surface area contributed by atoms with Gasteiger partial charge in [0.05, 0.1) is 18.5 Å². The van der Waals surface area contributed by atoms with Gasteiger partial charge in [-0.15, -0.1) is 0 Å². The van der Waals surface area contributed by atoms with Crippen LogP contribution in [0.15, 0.2) is 54.9 Å². The lowest BCUT2D eigenvalue weighted by Crippen LogP contribution is -2.52. The molecule has 9 heteroatoms. The molecule has 4 heterocycles. The number of hydrogen-bond acceptors (Lipinski definition) is 6. The number of ether oxygens (including phenoxy) is 1. The van der Waals surface area contributed by atoms with Gasteiger partial charge in [0, 0.05) is 43.2 Å². The van der Waals surface area contributed by atoms with Crippen molar-refractivity contribution in [3.63, 3.8) is 0 Å². The monoisotopic (exact) mass is 500 g/mol. The van der Waals surface area contributed by atoms with Crippen LogP contribution in [0.25, 0.3) is 0 Å². The van der Waals surface area contributed by atoms with E-state index in [4.69, 9.17) is 4.74 Å². The highest BCUT2D eigenvalue weighted by molar-refractivity contribution is 6.01. The molecule has 1 aromatic carbocycles. The van der Waals surface area contributed by atoms with Crippen molar-refractivity contribution in [3.05, 3.63) is 66.1 Å². The summed E-state index contributed by atoms with van der Waals surface area (Å²) in [5, 5.41) is 10.2. The van der Waals surface area contributed by atoms with Gasteiger partial charge in [-0.25, -0.2) is 4.98 Å². The molecule has 3 aliphatic rings. The van der Waals surface area contributed by atoms with Crippen molar-refractivity contribution in [2.75, 3.05) is 29.9 Å². The van der Waals surface area contributed by atoms with Gasteiger partial charge in [-0.2, -0.15) is 5.10 Å². The van der Waals surface area contributed by atoms with Gasteiger partial charge >= 0.3 is 0 Å². The average molecular weight is 501 g/mol. The van der Waals surface area contributed by atoms with E-state index in [0.29, 0.717) is 18.0 Å². The molecule has 2 aliphatic heterocycles. The molecule has 9 nitrogen and oxygen atoms in total. The number of para-hydroxylation sites is 1. The second-order valence-electron chi connectivity index (χ2n) is 10.4. The Bertz CT molecular complexity index is 1290. The smallest absolute Gasteiger partial charge is 0.270 e. The fourth-order valence-corrected chi connectivity index (χ4v) is 5.76. The summed E-state index contributed by atoms with van der Waals surface area (Å²) in [6, 6.07) is 12.5. The summed E-state index contributed by atoms with van der Waals surface area (Å²) in [5.74, 6) is 0.879. The first-order valence-corrected chi connectivity index (χ1v) is 13.1. The van der Waals surface area contributed by atoms with Gasteiger partial charge in [0.2, 0.25) is 5.91 Å². The number of benzene rings is 1. The maximum Gasteiger partial charge on any atom is 0.270 e. The first-order chi connectivity index (χ1) is 18.0. The minimum Gasteiger partial charge on any atom is -0.493 e. The second kappa shape index (κ2) is 9.53. The Labute approximate surface area is 216 Å². The third-order valence-corrected chi connectivity index (χ3v) is 7.97. The summed E-state index contributed by atoms with van der Waals surface area (Å²) in [6.07, 6.45) is 8.78. The zero-order valence-electron chi connectivity index (χ0n) is 21.0. The summed E-state index contributed by atoms with van der Waals surface area (Å²) in [6.45, 7) is 2.55. The standard InChI is InChI=1S/C28H32N6O3/c1-33-21(11-14-30-33)26(35)32-25(24-20-7-3-4-8-22(20)37-18-28(24)12-13-28)27(36)31-19-9-10-23(29-17-19)34-15-5-2-6-16-34/h3-4,7-11,14,17,24-25H,2,5-6,12-13,15-16,18H2,1H3,(H,31,36)(H,32,35)/t24?,25-/m0/s1. The molecular formula is C28H32N6O3. The number of hydrogen-bond donors (Lipinski definition) is 2. The summed E-state index contributed by atoms with van der Waals surface area (Å²) in [5.41, 5.74) is 1.79. The van der Waals surface area contributed by atoms with E-state index >= 15 is 0 Å². The highest BCUT2D eigenvalue weighted by atomic mass is 16.5. The van der Waals surface area contributed by atoms with Gasteiger partial charge in [-0.3, -0.25) is 14.3 Å². The zero-order valence-corrected chi connectivity index (χ0v) is 21.0. The summed E-state index contributed by atoms with van der Waals surface area (Å²) in [4.78, 5) is 34.1. The fraction of sp³-hybridized carbons (Fsp3) is 0.429. The lowest BCUT2D eigenvalue weighted by molar-refractivity contribution is -0.119. The maximum atomic E-state index is 13.9. The van der Waals surface area contributed by atoms with Gasteiger partial charge in [-0.05, 0) is 56.4 Å². The Kier molecular flexibility index (Phi) is 6.06. The normalized spacial score (nSPS) is 20.5. The highest BCUT2D eigenvalue weighted by Crippen LogP contribution is 2.61. The van der Waals surface area contributed by atoms with Gasteiger partial charge < -0.3 is 20.3 Å².